The first kappa shape index (κ1) is 10.2. The van der Waals surface area contributed by atoms with Crippen LogP contribution >= 0.6 is 0 Å². The molecule has 0 bridgehead atoms. The number of nitrogens with one attached hydrogen (secondary N) is 1. The van der Waals surface area contributed by atoms with E-state index in [1.807, 2.05) is 0 Å². The third kappa shape index (κ3) is 1.76. The highest BCUT2D eigenvalue weighted by atomic mass is 14.9. The lowest BCUT2D eigenvalue weighted by Gasteiger charge is -2.05. The number of hydrogen-bond acceptors (Lipinski definition) is 1. The van der Waals surface area contributed by atoms with Gasteiger partial charge in [0.2, 0.25) is 0 Å². The Balaban J connectivity index is 2.57. The molecular weight excluding hydrogens is 184 g/mol. The SMILES string of the molecule is CC(C)c1ccc2c(C(C)C)c[nH]c2n1. The first-order valence-corrected chi connectivity index (χ1v) is 5.57. The molecule has 2 rings (SSSR count). The van der Waals surface area contributed by atoms with Crippen molar-refractivity contribution in [2.45, 2.75) is 39.5 Å². The molecule has 0 aliphatic rings. The number of pyridine rings is 1. The zero-order valence-electron chi connectivity index (χ0n) is 9.83. The van der Waals surface area contributed by atoms with E-state index >= 15 is 0 Å². The maximum atomic E-state index is 4.62. The van der Waals surface area contributed by atoms with E-state index in [1.54, 1.807) is 0 Å². The van der Waals surface area contributed by atoms with Crippen LogP contribution in [0.2, 0.25) is 0 Å². The molecule has 0 amide bonds. The number of aromatic amines is 1. The van der Waals surface area contributed by atoms with Gasteiger partial charge in [0.05, 0.1) is 0 Å². The second-order valence-corrected chi connectivity index (χ2v) is 4.69. The van der Waals surface area contributed by atoms with Gasteiger partial charge in [0.25, 0.3) is 0 Å². The van der Waals surface area contributed by atoms with Crippen molar-refractivity contribution in [2.24, 2.45) is 0 Å². The molecule has 0 atom stereocenters. The zero-order valence-corrected chi connectivity index (χ0v) is 9.83. The van der Waals surface area contributed by atoms with Crippen LogP contribution in [0, 0.1) is 0 Å². The molecule has 2 nitrogen and oxygen atoms in total. The Kier molecular flexibility index (Phi) is 2.51. The Bertz CT molecular complexity index is 466. The van der Waals surface area contributed by atoms with Crippen LogP contribution in [0.1, 0.15) is 50.8 Å². The molecule has 0 unspecified atom stereocenters. The van der Waals surface area contributed by atoms with E-state index in [0.717, 1.165) is 11.3 Å². The third-order valence-electron chi connectivity index (χ3n) is 2.81. The molecule has 0 saturated carbocycles. The van der Waals surface area contributed by atoms with E-state index < -0.39 is 0 Å². The standard InChI is InChI=1S/C13H18N2/c1-8(2)11-7-14-13-10(11)5-6-12(15-13)9(3)4/h5-9H,1-4H3,(H,14,15). The minimum Gasteiger partial charge on any atom is -0.346 e. The highest BCUT2D eigenvalue weighted by Crippen LogP contribution is 2.25. The molecule has 0 fully saturated rings. The lowest BCUT2D eigenvalue weighted by molar-refractivity contribution is 0.828. The molecule has 2 heterocycles. The van der Waals surface area contributed by atoms with Gasteiger partial charge in [0, 0.05) is 17.3 Å². The Morgan fingerprint density at radius 1 is 1.07 bits per heavy atom. The van der Waals surface area contributed by atoms with Crippen LogP contribution in [0.3, 0.4) is 0 Å². The predicted molar refractivity (Wildman–Crippen MR) is 64.3 cm³/mol. The first-order chi connectivity index (χ1) is 7.09. The monoisotopic (exact) mass is 202 g/mol. The number of fused-ring (bicyclic) bond motifs is 1. The van der Waals surface area contributed by atoms with Gasteiger partial charge in [-0.25, -0.2) is 4.98 Å². The second kappa shape index (κ2) is 3.69. The highest BCUT2D eigenvalue weighted by Gasteiger charge is 2.09. The van der Waals surface area contributed by atoms with Crippen LogP contribution in [0.5, 0.6) is 0 Å². The van der Waals surface area contributed by atoms with Gasteiger partial charge in [-0.1, -0.05) is 27.7 Å². The number of hydrogen-bond donors (Lipinski definition) is 1. The topological polar surface area (TPSA) is 28.7 Å². The maximum Gasteiger partial charge on any atom is 0.137 e. The summed E-state index contributed by atoms with van der Waals surface area (Å²) in [5, 5.41) is 1.26. The fourth-order valence-corrected chi connectivity index (χ4v) is 1.84. The van der Waals surface area contributed by atoms with Crippen molar-refractivity contribution < 1.29 is 0 Å². The molecule has 15 heavy (non-hydrogen) atoms. The van der Waals surface area contributed by atoms with Crippen molar-refractivity contribution in [1.82, 2.24) is 9.97 Å². The quantitative estimate of drug-likeness (QED) is 0.788. The number of nitrogens with zero attached hydrogens (tertiary/aromatic N) is 1. The summed E-state index contributed by atoms with van der Waals surface area (Å²) in [4.78, 5) is 7.88. The van der Waals surface area contributed by atoms with E-state index in [-0.39, 0.29) is 0 Å². The van der Waals surface area contributed by atoms with Gasteiger partial charge in [-0.3, -0.25) is 0 Å². The third-order valence-corrected chi connectivity index (χ3v) is 2.81. The van der Waals surface area contributed by atoms with Crippen molar-refractivity contribution in [3.8, 4) is 0 Å². The Hall–Kier alpha value is -1.31. The van der Waals surface area contributed by atoms with Crippen LogP contribution in [-0.2, 0) is 0 Å². The molecule has 0 aliphatic heterocycles. The molecule has 0 spiro atoms. The molecule has 0 radical (unpaired) electrons. The van der Waals surface area contributed by atoms with Gasteiger partial charge in [-0.15, -0.1) is 0 Å². The van der Waals surface area contributed by atoms with Gasteiger partial charge in [0.1, 0.15) is 5.65 Å². The Morgan fingerprint density at radius 3 is 2.40 bits per heavy atom. The Morgan fingerprint density at radius 2 is 1.80 bits per heavy atom. The molecular formula is C13H18N2. The van der Waals surface area contributed by atoms with Crippen molar-refractivity contribution in [3.05, 3.63) is 29.6 Å². The Labute approximate surface area is 90.7 Å². The van der Waals surface area contributed by atoms with E-state index in [0.29, 0.717) is 11.8 Å². The predicted octanol–water partition coefficient (Wildman–Crippen LogP) is 3.81. The largest absolute Gasteiger partial charge is 0.346 e. The summed E-state index contributed by atoms with van der Waals surface area (Å²) in [7, 11) is 0. The summed E-state index contributed by atoms with van der Waals surface area (Å²) >= 11 is 0. The van der Waals surface area contributed by atoms with Crippen LogP contribution in [0.25, 0.3) is 11.0 Å². The lowest BCUT2D eigenvalue weighted by Crippen LogP contribution is -1.92. The summed E-state index contributed by atoms with van der Waals surface area (Å²) in [6.07, 6.45) is 2.08. The van der Waals surface area contributed by atoms with E-state index in [4.69, 9.17) is 0 Å². The van der Waals surface area contributed by atoms with E-state index in [2.05, 4.69) is 56.0 Å². The van der Waals surface area contributed by atoms with Crippen LogP contribution < -0.4 is 0 Å². The minimum absolute atomic E-state index is 0.486. The normalized spacial score (nSPS) is 11.9. The molecule has 0 aromatic carbocycles. The minimum atomic E-state index is 0.486. The maximum absolute atomic E-state index is 4.62. The van der Waals surface area contributed by atoms with Crippen molar-refractivity contribution in [3.63, 3.8) is 0 Å². The number of aromatic nitrogens is 2. The molecule has 1 N–H and O–H groups in total. The molecule has 2 aromatic rings. The van der Waals surface area contributed by atoms with Gasteiger partial charge >= 0.3 is 0 Å². The van der Waals surface area contributed by atoms with Gasteiger partial charge in [-0.2, -0.15) is 0 Å². The van der Waals surface area contributed by atoms with Gasteiger partial charge in [0.15, 0.2) is 0 Å². The fraction of sp³-hybridized carbons (Fsp3) is 0.462. The smallest absolute Gasteiger partial charge is 0.137 e. The van der Waals surface area contributed by atoms with Crippen LogP contribution in [0.4, 0.5) is 0 Å². The first-order valence-electron chi connectivity index (χ1n) is 5.57. The summed E-state index contributed by atoms with van der Waals surface area (Å²) < 4.78 is 0. The molecule has 2 aromatic heterocycles. The van der Waals surface area contributed by atoms with Crippen LogP contribution in [0.15, 0.2) is 18.3 Å². The lowest BCUT2D eigenvalue weighted by atomic mass is 10.0. The molecule has 2 heteroatoms. The number of rotatable bonds is 2. The van der Waals surface area contributed by atoms with Gasteiger partial charge < -0.3 is 4.98 Å². The van der Waals surface area contributed by atoms with Crippen molar-refractivity contribution in [2.75, 3.05) is 0 Å². The average molecular weight is 202 g/mol. The molecule has 0 aliphatic carbocycles. The van der Waals surface area contributed by atoms with E-state index in [1.165, 1.54) is 10.9 Å². The zero-order chi connectivity index (χ0) is 11.0. The van der Waals surface area contributed by atoms with Crippen molar-refractivity contribution >= 4 is 11.0 Å². The average Bonchev–Trinajstić information content (AvgIpc) is 2.59. The van der Waals surface area contributed by atoms with Crippen LogP contribution in [-0.4, -0.2) is 9.97 Å². The molecule has 0 saturated heterocycles. The summed E-state index contributed by atoms with van der Waals surface area (Å²) in [6, 6.07) is 4.32. The summed E-state index contributed by atoms with van der Waals surface area (Å²) in [5.74, 6) is 1.03. The second-order valence-electron chi connectivity index (χ2n) is 4.69. The summed E-state index contributed by atoms with van der Waals surface area (Å²) in [5.41, 5.74) is 3.53. The van der Waals surface area contributed by atoms with E-state index in [9.17, 15) is 0 Å². The molecule has 80 valence electrons. The summed E-state index contributed by atoms with van der Waals surface area (Å²) in [6.45, 7) is 8.75. The van der Waals surface area contributed by atoms with Crippen molar-refractivity contribution in [1.29, 1.82) is 0 Å². The van der Waals surface area contributed by atoms with Gasteiger partial charge in [-0.05, 0) is 29.5 Å². The fourth-order valence-electron chi connectivity index (χ4n) is 1.84. The number of H-pyrrole nitrogens is 1. The highest BCUT2D eigenvalue weighted by molar-refractivity contribution is 5.80.